The maximum absolute atomic E-state index is 16.1. The normalized spacial score (nSPS) is 16.1. The summed E-state index contributed by atoms with van der Waals surface area (Å²) in [6.07, 6.45) is 4.19. The third-order valence-corrected chi connectivity index (χ3v) is 10.1. The molecule has 0 aliphatic carbocycles. The molecule has 3 aromatic heterocycles. The fraction of sp³-hybridized carbons (Fsp3) is 0.308. The number of allylic oxidation sites excluding steroid dienone is 3. The summed E-state index contributed by atoms with van der Waals surface area (Å²) in [7, 11) is 3.03. The summed E-state index contributed by atoms with van der Waals surface area (Å²) in [5, 5.41) is 2.44. The number of nitrogens with zero attached hydrogens (tertiary/aromatic N) is 4. The number of benzene rings is 1. The van der Waals surface area contributed by atoms with E-state index in [-0.39, 0.29) is 54.6 Å². The van der Waals surface area contributed by atoms with E-state index in [2.05, 4.69) is 13.2 Å². The van der Waals surface area contributed by atoms with E-state index >= 15 is 13.2 Å². The Morgan fingerprint density at radius 1 is 1.06 bits per heavy atom. The number of hydrogen-bond acceptors (Lipinski definition) is 8. The molecule has 0 spiro atoms. The van der Waals surface area contributed by atoms with E-state index in [0.717, 1.165) is 11.3 Å². The molecule has 13 heteroatoms. The molecular formula is C39H38F4N4O4S. The second-order valence-electron chi connectivity index (χ2n) is 12.5. The van der Waals surface area contributed by atoms with Crippen molar-refractivity contribution in [3.05, 3.63) is 113 Å². The summed E-state index contributed by atoms with van der Waals surface area (Å²) >= 11 is 1.31. The molecule has 8 nitrogen and oxygen atoms in total. The molecule has 272 valence electrons. The summed E-state index contributed by atoms with van der Waals surface area (Å²) < 4.78 is 77.1. The van der Waals surface area contributed by atoms with Crippen molar-refractivity contribution in [3.8, 4) is 22.5 Å². The van der Waals surface area contributed by atoms with E-state index in [4.69, 9.17) is 24.2 Å². The average molecular weight is 735 g/mol. The van der Waals surface area contributed by atoms with Gasteiger partial charge in [-0.2, -0.15) is 8.78 Å². The Kier molecular flexibility index (Phi) is 11.3. The van der Waals surface area contributed by atoms with Crippen LogP contribution in [0.2, 0.25) is 0 Å². The van der Waals surface area contributed by atoms with Crippen LogP contribution in [0, 0.1) is 0 Å². The zero-order valence-electron chi connectivity index (χ0n) is 28.9. The SMILES string of the molecule is C=CC(=O)N1CCc2ncc(-c3nc(-c4ccc5c(c4)CN(CCOC)CC5(F)F)c4ccsc4c3/C(C(=C)OCCOC)=C(F)/C=C/F)cc2C1. The Morgan fingerprint density at radius 2 is 1.85 bits per heavy atom. The number of rotatable bonds is 13. The lowest BCUT2D eigenvalue weighted by atomic mass is 9.91. The minimum atomic E-state index is -3.07. The molecule has 1 amide bonds. The van der Waals surface area contributed by atoms with Gasteiger partial charge in [0.25, 0.3) is 5.92 Å². The number of thiophene rings is 1. The number of pyridine rings is 2. The van der Waals surface area contributed by atoms with Gasteiger partial charge in [0.1, 0.15) is 18.2 Å². The third kappa shape index (κ3) is 7.45. The molecule has 0 radical (unpaired) electrons. The first-order valence-electron chi connectivity index (χ1n) is 16.6. The number of carbonyl (C=O) groups excluding carboxylic acids is 1. The number of amides is 1. The molecule has 0 unspecified atom stereocenters. The molecule has 4 aromatic rings. The number of methoxy groups -OCH3 is 2. The molecule has 2 aliphatic heterocycles. The predicted molar refractivity (Wildman–Crippen MR) is 194 cm³/mol. The van der Waals surface area contributed by atoms with Crippen molar-refractivity contribution >= 4 is 32.9 Å². The molecule has 0 N–H and O–H groups in total. The molecule has 6 rings (SSSR count). The number of aromatic nitrogens is 2. The highest BCUT2D eigenvalue weighted by Gasteiger charge is 2.40. The number of fused-ring (bicyclic) bond motifs is 3. The van der Waals surface area contributed by atoms with Crippen LogP contribution in [0.4, 0.5) is 17.6 Å². The van der Waals surface area contributed by atoms with Crippen LogP contribution in [0.1, 0.15) is 27.9 Å². The molecule has 0 fully saturated rings. The van der Waals surface area contributed by atoms with Crippen molar-refractivity contribution in [2.24, 2.45) is 0 Å². The first kappa shape index (κ1) is 37.1. The van der Waals surface area contributed by atoms with Crippen LogP contribution < -0.4 is 0 Å². The van der Waals surface area contributed by atoms with E-state index in [9.17, 15) is 9.18 Å². The Morgan fingerprint density at radius 3 is 2.60 bits per heavy atom. The molecule has 5 heterocycles. The number of hydrogen-bond donors (Lipinski definition) is 0. The Bertz CT molecular complexity index is 2080. The van der Waals surface area contributed by atoms with Crippen LogP contribution in [0.5, 0.6) is 0 Å². The first-order chi connectivity index (χ1) is 25.1. The van der Waals surface area contributed by atoms with E-state index in [1.807, 2.05) is 17.5 Å². The summed E-state index contributed by atoms with van der Waals surface area (Å²) in [5.41, 5.74) is 4.00. The van der Waals surface area contributed by atoms with E-state index in [0.29, 0.717) is 76.8 Å². The lowest BCUT2D eigenvalue weighted by Crippen LogP contribution is -2.41. The standard InChI is InChI=1S/C39H38F4N4O4S/c1-5-33(48)47-12-9-32-28(22-47)19-26(20-44-32)37-35(34(31(41)8-11-40)24(2)51-16-15-50-4)38-29(10-17-52-38)36(45-37)25-6-7-30-27(18-25)21-46(13-14-49-3)23-39(30,42)43/h5-8,10-11,17-20H,1-2,9,12-16,21-23H2,3-4H3/b11-8+,34-31-. The van der Waals surface area contributed by atoms with Gasteiger partial charge in [-0.3, -0.25) is 14.7 Å². The lowest BCUT2D eigenvalue weighted by molar-refractivity contribution is -0.126. The van der Waals surface area contributed by atoms with Crippen LogP contribution in [-0.2, 0) is 44.4 Å². The second-order valence-corrected chi connectivity index (χ2v) is 13.4. The smallest absolute Gasteiger partial charge is 0.285 e. The molecule has 2 aliphatic rings. The molecule has 0 saturated heterocycles. The minimum Gasteiger partial charge on any atom is -0.491 e. The van der Waals surface area contributed by atoms with Gasteiger partial charge in [0.05, 0.1) is 43.0 Å². The van der Waals surface area contributed by atoms with Crippen LogP contribution in [0.3, 0.4) is 0 Å². The molecular weight excluding hydrogens is 697 g/mol. The van der Waals surface area contributed by atoms with E-state index < -0.39 is 18.3 Å². The van der Waals surface area contributed by atoms with Gasteiger partial charge in [0.15, 0.2) is 0 Å². The van der Waals surface area contributed by atoms with Gasteiger partial charge in [0, 0.05) is 97.1 Å². The maximum atomic E-state index is 16.1. The summed E-state index contributed by atoms with van der Waals surface area (Å²) in [5.74, 6) is -4.30. The predicted octanol–water partition coefficient (Wildman–Crippen LogP) is 7.99. The molecule has 0 atom stereocenters. The van der Waals surface area contributed by atoms with Crippen molar-refractivity contribution in [1.29, 1.82) is 0 Å². The van der Waals surface area contributed by atoms with Crippen molar-refractivity contribution in [2.45, 2.75) is 25.4 Å². The highest BCUT2D eigenvalue weighted by Crippen LogP contribution is 2.46. The number of halogens is 4. The van der Waals surface area contributed by atoms with Gasteiger partial charge in [-0.1, -0.05) is 25.3 Å². The lowest BCUT2D eigenvalue weighted by Gasteiger charge is -2.34. The van der Waals surface area contributed by atoms with Crippen molar-refractivity contribution in [3.63, 3.8) is 0 Å². The van der Waals surface area contributed by atoms with Crippen molar-refractivity contribution < 1.29 is 36.6 Å². The summed E-state index contributed by atoms with van der Waals surface area (Å²) in [6, 6.07) is 8.48. The summed E-state index contributed by atoms with van der Waals surface area (Å²) in [6.45, 7) is 9.14. The number of carbonyl (C=O) groups is 1. The monoisotopic (exact) mass is 734 g/mol. The van der Waals surface area contributed by atoms with Gasteiger partial charge >= 0.3 is 0 Å². The largest absolute Gasteiger partial charge is 0.491 e. The maximum Gasteiger partial charge on any atom is 0.285 e. The van der Waals surface area contributed by atoms with Gasteiger partial charge in [-0.05, 0) is 40.8 Å². The van der Waals surface area contributed by atoms with Gasteiger partial charge < -0.3 is 19.1 Å². The topological polar surface area (TPSA) is 77.0 Å². The first-order valence-corrected chi connectivity index (χ1v) is 17.5. The zero-order valence-corrected chi connectivity index (χ0v) is 29.7. The van der Waals surface area contributed by atoms with E-state index in [1.54, 1.807) is 28.1 Å². The second kappa shape index (κ2) is 15.9. The molecule has 1 aromatic carbocycles. The van der Waals surface area contributed by atoms with Crippen molar-refractivity contribution in [2.75, 3.05) is 53.7 Å². The van der Waals surface area contributed by atoms with Gasteiger partial charge in [-0.25, -0.2) is 13.8 Å². The molecule has 52 heavy (non-hydrogen) atoms. The van der Waals surface area contributed by atoms with Crippen LogP contribution in [0.15, 0.2) is 85.1 Å². The number of ether oxygens (including phenoxy) is 3. The zero-order chi connectivity index (χ0) is 37.0. The van der Waals surface area contributed by atoms with Crippen LogP contribution in [-0.4, -0.2) is 79.3 Å². The highest BCUT2D eigenvalue weighted by atomic mass is 32.1. The summed E-state index contributed by atoms with van der Waals surface area (Å²) in [4.78, 5) is 25.7. The Labute approximate surface area is 303 Å². The Hall–Kier alpha value is -4.69. The van der Waals surface area contributed by atoms with Gasteiger partial charge in [0.2, 0.25) is 5.91 Å². The molecule has 0 saturated carbocycles. The minimum absolute atomic E-state index is 0.0457. The van der Waals surface area contributed by atoms with E-state index in [1.165, 1.54) is 37.7 Å². The van der Waals surface area contributed by atoms with Crippen LogP contribution in [0.25, 0.3) is 38.2 Å². The fourth-order valence-corrected chi connectivity index (χ4v) is 7.63. The van der Waals surface area contributed by atoms with Crippen molar-refractivity contribution in [1.82, 2.24) is 19.8 Å². The Balaban J connectivity index is 1.58. The average Bonchev–Trinajstić information content (AvgIpc) is 3.63. The van der Waals surface area contributed by atoms with Crippen LogP contribution >= 0.6 is 11.3 Å². The quantitative estimate of drug-likeness (QED) is 0.0453. The van der Waals surface area contributed by atoms with Gasteiger partial charge in [-0.15, -0.1) is 11.3 Å². The highest BCUT2D eigenvalue weighted by molar-refractivity contribution is 7.17. The number of alkyl halides is 2. The fourth-order valence-electron chi connectivity index (χ4n) is 6.68. The molecule has 0 bridgehead atoms. The third-order valence-electron chi connectivity index (χ3n) is 9.15.